The van der Waals surface area contributed by atoms with E-state index in [1.54, 1.807) is 6.08 Å². The van der Waals surface area contributed by atoms with Crippen LogP contribution in [0.4, 0.5) is 0 Å². The number of rotatable bonds is 9. The lowest BCUT2D eigenvalue weighted by atomic mass is 10.0. The van der Waals surface area contributed by atoms with Crippen molar-refractivity contribution >= 4 is 0 Å². The highest BCUT2D eigenvalue weighted by Crippen LogP contribution is 2.18. The third-order valence-electron chi connectivity index (χ3n) is 2.96. The molecule has 0 amide bonds. The highest BCUT2D eigenvalue weighted by atomic mass is 14.9. The Kier molecular flexibility index (Phi) is 8.41. The first-order valence-corrected chi connectivity index (χ1v) is 7.11. The van der Waals surface area contributed by atoms with Crippen molar-refractivity contribution in [1.29, 1.82) is 0 Å². The maximum atomic E-state index is 3.65. The van der Waals surface area contributed by atoms with Crippen LogP contribution in [-0.4, -0.2) is 6.54 Å². The van der Waals surface area contributed by atoms with Crippen molar-refractivity contribution < 1.29 is 0 Å². The van der Waals surface area contributed by atoms with E-state index in [0.717, 1.165) is 19.4 Å². The van der Waals surface area contributed by atoms with E-state index in [-0.39, 0.29) is 0 Å². The monoisotopic (exact) mass is 255 g/mol. The fourth-order valence-corrected chi connectivity index (χ4v) is 1.97. The normalized spacial score (nSPS) is 13.1. The van der Waals surface area contributed by atoms with E-state index in [4.69, 9.17) is 0 Å². The minimum atomic E-state index is 0.453. The number of nitrogens with one attached hydrogen (secondary N) is 1. The summed E-state index contributed by atoms with van der Waals surface area (Å²) in [7, 11) is 0. The Morgan fingerprint density at radius 3 is 2.63 bits per heavy atom. The molecule has 0 heterocycles. The predicted octanol–water partition coefficient (Wildman–Crippen LogP) is 4.81. The maximum Gasteiger partial charge on any atom is 0.0323 e. The lowest BCUT2D eigenvalue weighted by Crippen LogP contribution is -2.21. The van der Waals surface area contributed by atoms with Gasteiger partial charge in [-0.3, -0.25) is 0 Å². The van der Waals surface area contributed by atoms with Gasteiger partial charge in [-0.2, -0.15) is 0 Å². The summed E-state index contributed by atoms with van der Waals surface area (Å²) in [6.45, 7) is 6.92. The van der Waals surface area contributed by atoms with Crippen molar-refractivity contribution in [2.75, 3.05) is 6.54 Å². The quantitative estimate of drug-likeness (QED) is 0.625. The number of hydrogen-bond acceptors (Lipinski definition) is 1. The molecule has 0 spiro atoms. The summed E-state index contributed by atoms with van der Waals surface area (Å²) in [5, 5.41) is 3.62. The number of allylic oxidation sites excluding steroid dienone is 5. The molecule has 0 aromatic heterocycles. The zero-order valence-corrected chi connectivity index (χ0v) is 11.9. The van der Waals surface area contributed by atoms with Crippen molar-refractivity contribution in [1.82, 2.24) is 5.32 Å². The summed E-state index contributed by atoms with van der Waals surface area (Å²) in [4.78, 5) is 0. The van der Waals surface area contributed by atoms with Gasteiger partial charge in [0.25, 0.3) is 0 Å². The van der Waals surface area contributed by atoms with Gasteiger partial charge in [0.1, 0.15) is 0 Å². The third-order valence-corrected chi connectivity index (χ3v) is 2.96. The van der Waals surface area contributed by atoms with Crippen molar-refractivity contribution in [2.45, 2.75) is 32.2 Å². The number of hydrogen-bond donors (Lipinski definition) is 1. The predicted molar refractivity (Wildman–Crippen MR) is 85.2 cm³/mol. The van der Waals surface area contributed by atoms with Gasteiger partial charge in [0.15, 0.2) is 0 Å². The van der Waals surface area contributed by atoms with E-state index in [2.05, 4.69) is 61.3 Å². The Labute approximate surface area is 117 Å². The van der Waals surface area contributed by atoms with Crippen LogP contribution in [0.25, 0.3) is 0 Å². The molecule has 1 rings (SSSR count). The summed E-state index contributed by atoms with van der Waals surface area (Å²) >= 11 is 0. The standard InChI is InChI=1S/C18H25N/c1-3-5-6-7-8-12-15-18(19-16-4-2)17-13-10-9-11-14-17/h3,5-11,13-14,18-19H,1,4,12,15-16H2,2H3. The van der Waals surface area contributed by atoms with Gasteiger partial charge >= 0.3 is 0 Å². The van der Waals surface area contributed by atoms with Crippen LogP contribution in [0.3, 0.4) is 0 Å². The molecule has 1 N–H and O–H groups in total. The lowest BCUT2D eigenvalue weighted by Gasteiger charge is -2.18. The number of benzene rings is 1. The zero-order chi connectivity index (χ0) is 13.8. The first-order valence-electron chi connectivity index (χ1n) is 7.11. The summed E-state index contributed by atoms with van der Waals surface area (Å²) < 4.78 is 0. The molecule has 1 atom stereocenters. The topological polar surface area (TPSA) is 12.0 Å². The van der Waals surface area contributed by atoms with Crippen LogP contribution in [0.2, 0.25) is 0 Å². The molecule has 0 saturated carbocycles. The van der Waals surface area contributed by atoms with E-state index < -0.39 is 0 Å². The largest absolute Gasteiger partial charge is 0.310 e. The van der Waals surface area contributed by atoms with E-state index >= 15 is 0 Å². The Balaban J connectivity index is 2.48. The van der Waals surface area contributed by atoms with E-state index in [0.29, 0.717) is 6.04 Å². The van der Waals surface area contributed by atoms with Gasteiger partial charge in [-0.1, -0.05) is 74.2 Å². The van der Waals surface area contributed by atoms with Gasteiger partial charge in [-0.15, -0.1) is 0 Å². The Morgan fingerprint density at radius 1 is 1.16 bits per heavy atom. The molecule has 0 radical (unpaired) electrons. The van der Waals surface area contributed by atoms with Crippen LogP contribution in [0.5, 0.6) is 0 Å². The minimum Gasteiger partial charge on any atom is -0.310 e. The van der Waals surface area contributed by atoms with Crippen LogP contribution in [0.1, 0.15) is 37.8 Å². The van der Waals surface area contributed by atoms with Gasteiger partial charge in [0.05, 0.1) is 0 Å². The van der Waals surface area contributed by atoms with Crippen LogP contribution in [-0.2, 0) is 0 Å². The second-order valence-electron chi connectivity index (χ2n) is 4.54. The van der Waals surface area contributed by atoms with Crippen molar-refractivity contribution in [2.24, 2.45) is 0 Å². The van der Waals surface area contributed by atoms with Crippen molar-refractivity contribution in [3.63, 3.8) is 0 Å². The molecule has 1 aromatic carbocycles. The zero-order valence-electron chi connectivity index (χ0n) is 11.9. The second kappa shape index (κ2) is 10.3. The van der Waals surface area contributed by atoms with Crippen LogP contribution >= 0.6 is 0 Å². The van der Waals surface area contributed by atoms with Gasteiger partial charge in [0.2, 0.25) is 0 Å². The Hall–Kier alpha value is -1.60. The van der Waals surface area contributed by atoms with Gasteiger partial charge < -0.3 is 5.32 Å². The molecule has 1 heteroatoms. The fraction of sp³-hybridized carbons (Fsp3) is 0.333. The van der Waals surface area contributed by atoms with Crippen molar-refractivity contribution in [3.8, 4) is 0 Å². The molecule has 0 saturated heterocycles. The van der Waals surface area contributed by atoms with E-state index in [9.17, 15) is 0 Å². The molecule has 1 aromatic rings. The molecule has 1 nitrogen and oxygen atoms in total. The smallest absolute Gasteiger partial charge is 0.0323 e. The van der Waals surface area contributed by atoms with E-state index in [1.165, 1.54) is 12.0 Å². The van der Waals surface area contributed by atoms with Gasteiger partial charge in [-0.05, 0) is 31.4 Å². The molecule has 0 aliphatic heterocycles. The molecule has 19 heavy (non-hydrogen) atoms. The first-order chi connectivity index (χ1) is 9.38. The molecule has 0 bridgehead atoms. The summed E-state index contributed by atoms with van der Waals surface area (Å²) in [6.07, 6.45) is 13.4. The van der Waals surface area contributed by atoms with Crippen LogP contribution in [0, 0.1) is 0 Å². The fourth-order valence-electron chi connectivity index (χ4n) is 1.97. The van der Waals surface area contributed by atoms with Crippen molar-refractivity contribution in [3.05, 3.63) is 72.9 Å². The van der Waals surface area contributed by atoms with Gasteiger partial charge in [0, 0.05) is 6.04 Å². The Bertz CT molecular complexity index is 389. The highest BCUT2D eigenvalue weighted by molar-refractivity contribution is 5.19. The van der Waals surface area contributed by atoms with Gasteiger partial charge in [-0.25, -0.2) is 0 Å². The third kappa shape index (κ3) is 6.78. The molecular formula is C18H25N. The second-order valence-corrected chi connectivity index (χ2v) is 4.54. The summed E-state index contributed by atoms with van der Waals surface area (Å²) in [6, 6.07) is 11.1. The molecule has 1 unspecified atom stereocenters. The van der Waals surface area contributed by atoms with E-state index in [1.807, 2.05) is 12.2 Å². The highest BCUT2D eigenvalue weighted by Gasteiger charge is 2.08. The average molecular weight is 255 g/mol. The maximum absolute atomic E-state index is 3.65. The molecular weight excluding hydrogens is 230 g/mol. The molecule has 0 aliphatic rings. The molecule has 0 fully saturated rings. The molecule has 0 aliphatic carbocycles. The molecule has 102 valence electrons. The average Bonchev–Trinajstić information content (AvgIpc) is 2.46. The summed E-state index contributed by atoms with van der Waals surface area (Å²) in [5.41, 5.74) is 1.38. The Morgan fingerprint density at radius 2 is 1.95 bits per heavy atom. The lowest BCUT2D eigenvalue weighted by molar-refractivity contribution is 0.503. The SMILES string of the molecule is C=CC=CC=CCCC(NCCC)c1ccccc1. The van der Waals surface area contributed by atoms with Crippen LogP contribution < -0.4 is 5.32 Å². The minimum absolute atomic E-state index is 0.453. The first kappa shape index (κ1) is 15.5. The van der Waals surface area contributed by atoms with Crippen LogP contribution in [0.15, 0.2) is 67.3 Å². The summed E-state index contributed by atoms with van der Waals surface area (Å²) in [5.74, 6) is 0.